The number of carbonyl (C=O) groups is 2. The largest absolute Gasteiger partial charge is 0.497 e. The molecule has 0 aliphatic carbocycles. The van der Waals surface area contributed by atoms with Crippen LogP contribution in [0.15, 0.2) is 132 Å². The Morgan fingerprint density at radius 2 is 1.56 bits per heavy atom. The van der Waals surface area contributed by atoms with E-state index in [9.17, 15) is 9.59 Å². The number of methoxy groups -OCH3 is 1. The zero-order chi connectivity index (χ0) is 29.6. The maximum atomic E-state index is 13.7. The van der Waals surface area contributed by atoms with Crippen LogP contribution in [-0.2, 0) is 4.79 Å². The normalized spacial score (nSPS) is 11.6. The Morgan fingerprint density at radius 1 is 0.791 bits per heavy atom. The van der Waals surface area contributed by atoms with Gasteiger partial charge in [0.05, 0.1) is 12.8 Å². The molecule has 1 unspecified atom stereocenters. The van der Waals surface area contributed by atoms with Crippen molar-refractivity contribution in [1.29, 1.82) is 0 Å². The summed E-state index contributed by atoms with van der Waals surface area (Å²) in [4.78, 5) is 32.1. The van der Waals surface area contributed by atoms with Crippen molar-refractivity contribution in [3.05, 3.63) is 138 Å². The molecule has 5 aromatic carbocycles. The molecule has 0 saturated heterocycles. The number of rotatable bonds is 9. The van der Waals surface area contributed by atoms with E-state index in [1.807, 2.05) is 78.2 Å². The molecule has 6 rings (SSSR count). The molecule has 8 heteroatoms. The van der Waals surface area contributed by atoms with Crippen molar-refractivity contribution in [3.63, 3.8) is 0 Å². The van der Waals surface area contributed by atoms with Gasteiger partial charge >= 0.3 is 0 Å². The molecule has 0 spiro atoms. The van der Waals surface area contributed by atoms with Gasteiger partial charge in [-0.15, -0.1) is 23.1 Å². The molecular formula is C35H27N3O3S2. The zero-order valence-corrected chi connectivity index (χ0v) is 24.8. The number of nitrogens with zero attached hydrogens (tertiary/aromatic N) is 1. The molecule has 212 valence electrons. The minimum absolute atomic E-state index is 0.178. The predicted molar refractivity (Wildman–Crippen MR) is 176 cm³/mol. The summed E-state index contributed by atoms with van der Waals surface area (Å²) >= 11 is 2.81. The Hall–Kier alpha value is -4.92. The lowest BCUT2D eigenvalue weighted by atomic mass is 10.1. The Bertz CT molecular complexity index is 1890. The lowest BCUT2D eigenvalue weighted by Crippen LogP contribution is -2.19. The van der Waals surface area contributed by atoms with Crippen molar-refractivity contribution in [3.8, 4) is 17.0 Å². The third-order valence-corrected chi connectivity index (χ3v) is 8.82. The first-order valence-electron chi connectivity index (χ1n) is 13.6. The second kappa shape index (κ2) is 12.9. The van der Waals surface area contributed by atoms with E-state index in [0.29, 0.717) is 22.1 Å². The Labute approximate surface area is 257 Å². The number of nitrogens with one attached hydrogen (secondary N) is 2. The first-order valence-corrected chi connectivity index (χ1v) is 15.3. The Morgan fingerprint density at radius 3 is 2.35 bits per heavy atom. The van der Waals surface area contributed by atoms with E-state index in [2.05, 4.69) is 34.9 Å². The topological polar surface area (TPSA) is 80.3 Å². The molecule has 2 amide bonds. The summed E-state index contributed by atoms with van der Waals surface area (Å²) in [5, 5.41) is 10.2. The summed E-state index contributed by atoms with van der Waals surface area (Å²) in [5.41, 5.74) is 3.84. The third kappa shape index (κ3) is 6.77. The van der Waals surface area contributed by atoms with Gasteiger partial charge in [-0.25, -0.2) is 4.98 Å². The second-order valence-corrected chi connectivity index (χ2v) is 11.7. The SMILES string of the molecule is COc1ccc(C(=O)Nc2cccc(SC(C(=O)Nc3nc(-c4ccc5ccccc5c4)cs3)c3ccccc3)c2)cc1. The fraction of sp³-hybridized carbons (Fsp3) is 0.0571. The monoisotopic (exact) mass is 601 g/mol. The van der Waals surface area contributed by atoms with Crippen LogP contribution in [0.4, 0.5) is 10.8 Å². The van der Waals surface area contributed by atoms with Crippen LogP contribution in [0.2, 0.25) is 0 Å². The van der Waals surface area contributed by atoms with E-state index < -0.39 is 5.25 Å². The first kappa shape index (κ1) is 28.2. The fourth-order valence-corrected chi connectivity index (χ4v) is 6.42. The lowest BCUT2D eigenvalue weighted by Gasteiger charge is -2.17. The molecule has 43 heavy (non-hydrogen) atoms. The second-order valence-electron chi connectivity index (χ2n) is 9.71. The number of carbonyl (C=O) groups excluding carboxylic acids is 2. The number of thioether (sulfide) groups is 1. The molecule has 0 fully saturated rings. The summed E-state index contributed by atoms with van der Waals surface area (Å²) in [5.74, 6) is 0.277. The molecule has 1 atom stereocenters. The van der Waals surface area contributed by atoms with Gasteiger partial charge in [0.25, 0.3) is 5.91 Å². The summed E-state index contributed by atoms with van der Waals surface area (Å²) in [6.45, 7) is 0. The van der Waals surface area contributed by atoms with Gasteiger partial charge in [-0.3, -0.25) is 9.59 Å². The molecule has 0 aliphatic heterocycles. The van der Waals surface area contributed by atoms with Crippen LogP contribution in [0.25, 0.3) is 22.0 Å². The van der Waals surface area contributed by atoms with E-state index >= 15 is 0 Å². The molecule has 6 aromatic rings. The van der Waals surface area contributed by atoms with E-state index in [0.717, 1.165) is 27.1 Å². The smallest absolute Gasteiger partial charge is 0.255 e. The number of hydrogen-bond acceptors (Lipinski definition) is 6. The molecule has 6 nitrogen and oxygen atoms in total. The van der Waals surface area contributed by atoms with Crippen LogP contribution >= 0.6 is 23.1 Å². The highest BCUT2D eigenvalue weighted by atomic mass is 32.2. The van der Waals surface area contributed by atoms with E-state index in [-0.39, 0.29) is 11.8 Å². The van der Waals surface area contributed by atoms with Crippen molar-refractivity contribution in [1.82, 2.24) is 4.98 Å². The average Bonchev–Trinajstić information content (AvgIpc) is 3.52. The quantitative estimate of drug-likeness (QED) is 0.162. The number of benzene rings is 5. The highest BCUT2D eigenvalue weighted by Gasteiger charge is 2.23. The highest BCUT2D eigenvalue weighted by molar-refractivity contribution is 8.00. The number of thiazole rings is 1. The molecule has 1 heterocycles. The first-order chi connectivity index (χ1) is 21.1. The molecule has 0 bridgehead atoms. The number of ether oxygens (including phenoxy) is 1. The van der Waals surface area contributed by atoms with Gasteiger partial charge in [-0.05, 0) is 64.9 Å². The lowest BCUT2D eigenvalue weighted by molar-refractivity contribution is -0.115. The molecule has 0 radical (unpaired) electrons. The maximum Gasteiger partial charge on any atom is 0.255 e. The van der Waals surface area contributed by atoms with Crippen molar-refractivity contribution in [2.24, 2.45) is 0 Å². The van der Waals surface area contributed by atoms with Crippen LogP contribution < -0.4 is 15.4 Å². The Balaban J connectivity index is 1.19. The summed E-state index contributed by atoms with van der Waals surface area (Å²) in [6.07, 6.45) is 0. The van der Waals surface area contributed by atoms with Crippen molar-refractivity contribution in [2.75, 3.05) is 17.7 Å². The van der Waals surface area contributed by atoms with Gasteiger partial charge in [-0.1, -0.05) is 72.8 Å². The van der Waals surface area contributed by atoms with Crippen LogP contribution in [0.5, 0.6) is 5.75 Å². The van der Waals surface area contributed by atoms with Crippen LogP contribution in [-0.4, -0.2) is 23.9 Å². The van der Waals surface area contributed by atoms with Gasteiger partial charge in [0.15, 0.2) is 5.13 Å². The fourth-order valence-electron chi connectivity index (χ4n) is 4.61. The van der Waals surface area contributed by atoms with E-state index in [4.69, 9.17) is 9.72 Å². The van der Waals surface area contributed by atoms with E-state index in [1.165, 1.54) is 28.5 Å². The number of amides is 2. The van der Waals surface area contributed by atoms with Crippen LogP contribution in [0, 0.1) is 0 Å². The zero-order valence-electron chi connectivity index (χ0n) is 23.2. The van der Waals surface area contributed by atoms with Crippen molar-refractivity contribution >= 4 is 56.5 Å². The summed E-state index contributed by atoms with van der Waals surface area (Å²) in [7, 11) is 1.58. The standard InChI is InChI=1S/C35H27N3O3S2/c1-41-29-18-16-25(17-19-29)33(39)36-28-12-7-13-30(21-28)43-32(24-9-3-2-4-10-24)34(40)38-35-37-31(22-42-35)27-15-14-23-8-5-6-11-26(23)20-27/h2-22,32H,1H3,(H,36,39)(H,37,38,40). The van der Waals surface area contributed by atoms with Gasteiger partial charge in [0.2, 0.25) is 5.91 Å². The molecule has 0 saturated carbocycles. The van der Waals surface area contributed by atoms with Gasteiger partial charge in [0, 0.05) is 27.1 Å². The number of anilines is 2. The van der Waals surface area contributed by atoms with Crippen molar-refractivity contribution < 1.29 is 14.3 Å². The highest BCUT2D eigenvalue weighted by Crippen LogP contribution is 2.38. The third-order valence-electron chi connectivity index (χ3n) is 6.82. The van der Waals surface area contributed by atoms with Gasteiger partial charge in [0.1, 0.15) is 11.0 Å². The van der Waals surface area contributed by atoms with E-state index in [1.54, 1.807) is 31.4 Å². The minimum Gasteiger partial charge on any atom is -0.497 e. The summed E-state index contributed by atoms with van der Waals surface area (Å²) in [6, 6.07) is 38.5. The summed E-state index contributed by atoms with van der Waals surface area (Å²) < 4.78 is 5.18. The van der Waals surface area contributed by atoms with Crippen LogP contribution in [0.1, 0.15) is 21.2 Å². The Kier molecular flexibility index (Phi) is 8.49. The predicted octanol–water partition coefficient (Wildman–Crippen LogP) is 8.70. The van der Waals surface area contributed by atoms with Crippen LogP contribution in [0.3, 0.4) is 0 Å². The minimum atomic E-state index is -0.540. The average molecular weight is 602 g/mol. The van der Waals surface area contributed by atoms with Gasteiger partial charge in [-0.2, -0.15) is 0 Å². The molecular weight excluding hydrogens is 575 g/mol. The molecule has 2 N–H and O–H groups in total. The maximum absolute atomic E-state index is 13.7. The van der Waals surface area contributed by atoms with Gasteiger partial charge < -0.3 is 15.4 Å². The molecule has 1 aromatic heterocycles. The van der Waals surface area contributed by atoms with Crippen molar-refractivity contribution in [2.45, 2.75) is 10.1 Å². The number of fused-ring (bicyclic) bond motifs is 1. The molecule has 0 aliphatic rings. The number of hydrogen-bond donors (Lipinski definition) is 2. The number of aromatic nitrogens is 1.